The summed E-state index contributed by atoms with van der Waals surface area (Å²) in [6.45, 7) is 1.01. The van der Waals surface area contributed by atoms with Gasteiger partial charge in [0.05, 0.1) is 0 Å². The van der Waals surface area contributed by atoms with Crippen LogP contribution in [0.15, 0.2) is 30.3 Å². The van der Waals surface area contributed by atoms with Crippen molar-refractivity contribution < 1.29 is 0 Å². The summed E-state index contributed by atoms with van der Waals surface area (Å²) in [5.74, 6) is 2.62. The SMILES string of the molecule is C#Cc1cccc(C=CCCNC)c1. The number of hydrogen-bond acceptors (Lipinski definition) is 1. The number of benzene rings is 1. The van der Waals surface area contributed by atoms with Crippen LogP contribution in [0, 0.1) is 12.3 Å². The highest BCUT2D eigenvalue weighted by atomic mass is 14.8. The molecule has 1 rings (SSSR count). The highest BCUT2D eigenvalue weighted by molar-refractivity contribution is 5.52. The van der Waals surface area contributed by atoms with Gasteiger partial charge < -0.3 is 5.32 Å². The number of rotatable bonds is 4. The van der Waals surface area contributed by atoms with Gasteiger partial charge in [0.1, 0.15) is 0 Å². The first kappa shape index (κ1) is 10.6. The van der Waals surface area contributed by atoms with Gasteiger partial charge in [-0.1, -0.05) is 30.2 Å². The van der Waals surface area contributed by atoms with Crippen molar-refractivity contribution in [1.29, 1.82) is 0 Å². The van der Waals surface area contributed by atoms with Crippen LogP contribution in [0.25, 0.3) is 6.08 Å². The van der Waals surface area contributed by atoms with Gasteiger partial charge in [-0.05, 0) is 37.7 Å². The van der Waals surface area contributed by atoms with Crippen molar-refractivity contribution >= 4 is 6.08 Å². The Kier molecular flexibility index (Phi) is 4.54. The molecular formula is C13H15N. The van der Waals surface area contributed by atoms with E-state index < -0.39 is 0 Å². The standard InChI is InChI=1S/C13H15N/c1-3-12-8-6-9-13(11-12)7-4-5-10-14-2/h1,4,6-9,11,14H,5,10H2,2H3. The molecule has 1 nitrogen and oxygen atoms in total. The van der Waals surface area contributed by atoms with E-state index in [0.29, 0.717) is 0 Å². The largest absolute Gasteiger partial charge is 0.319 e. The van der Waals surface area contributed by atoms with E-state index in [1.165, 1.54) is 0 Å². The third kappa shape index (κ3) is 3.47. The van der Waals surface area contributed by atoms with Crippen molar-refractivity contribution in [3.8, 4) is 12.3 Å². The number of nitrogens with one attached hydrogen (secondary N) is 1. The molecule has 1 N–H and O–H groups in total. The van der Waals surface area contributed by atoms with E-state index in [4.69, 9.17) is 6.42 Å². The maximum atomic E-state index is 5.31. The monoisotopic (exact) mass is 185 g/mol. The zero-order valence-corrected chi connectivity index (χ0v) is 8.46. The van der Waals surface area contributed by atoms with Gasteiger partial charge in [0, 0.05) is 5.56 Å². The molecule has 0 atom stereocenters. The zero-order chi connectivity index (χ0) is 10.2. The van der Waals surface area contributed by atoms with Gasteiger partial charge in [-0.25, -0.2) is 0 Å². The molecule has 1 heteroatoms. The molecule has 0 aliphatic heterocycles. The first-order valence-electron chi connectivity index (χ1n) is 4.74. The molecule has 0 saturated heterocycles. The van der Waals surface area contributed by atoms with Gasteiger partial charge in [0.2, 0.25) is 0 Å². The van der Waals surface area contributed by atoms with Crippen LogP contribution in [0.4, 0.5) is 0 Å². The molecule has 0 aliphatic carbocycles. The Bertz CT molecular complexity index is 344. The number of hydrogen-bond donors (Lipinski definition) is 1. The zero-order valence-electron chi connectivity index (χ0n) is 8.46. The Morgan fingerprint density at radius 1 is 1.50 bits per heavy atom. The molecule has 0 amide bonds. The fourth-order valence-electron chi connectivity index (χ4n) is 1.18. The van der Waals surface area contributed by atoms with Crippen molar-refractivity contribution in [2.24, 2.45) is 0 Å². The summed E-state index contributed by atoms with van der Waals surface area (Å²) in [5.41, 5.74) is 2.09. The van der Waals surface area contributed by atoms with Crippen LogP contribution in [0.3, 0.4) is 0 Å². The Hall–Kier alpha value is -1.52. The summed E-state index contributed by atoms with van der Waals surface area (Å²) >= 11 is 0. The van der Waals surface area contributed by atoms with E-state index in [-0.39, 0.29) is 0 Å². The van der Waals surface area contributed by atoms with Crippen LogP contribution in [0.1, 0.15) is 17.5 Å². The van der Waals surface area contributed by atoms with Gasteiger partial charge in [-0.3, -0.25) is 0 Å². The van der Waals surface area contributed by atoms with Gasteiger partial charge in [0.15, 0.2) is 0 Å². The second-order valence-corrected chi connectivity index (χ2v) is 3.06. The van der Waals surface area contributed by atoms with E-state index in [2.05, 4.69) is 29.5 Å². The smallest absolute Gasteiger partial charge is 0.0248 e. The minimum Gasteiger partial charge on any atom is -0.319 e. The molecule has 0 aliphatic rings. The highest BCUT2D eigenvalue weighted by Gasteiger charge is 1.88. The van der Waals surface area contributed by atoms with Crippen LogP contribution >= 0.6 is 0 Å². The van der Waals surface area contributed by atoms with E-state index in [0.717, 1.165) is 24.1 Å². The van der Waals surface area contributed by atoms with Gasteiger partial charge >= 0.3 is 0 Å². The van der Waals surface area contributed by atoms with Crippen LogP contribution < -0.4 is 5.32 Å². The third-order valence-electron chi connectivity index (χ3n) is 1.92. The van der Waals surface area contributed by atoms with E-state index in [9.17, 15) is 0 Å². The van der Waals surface area contributed by atoms with Crippen molar-refractivity contribution in [2.75, 3.05) is 13.6 Å². The molecule has 0 unspecified atom stereocenters. The van der Waals surface area contributed by atoms with Crippen molar-refractivity contribution in [3.05, 3.63) is 41.5 Å². The summed E-state index contributed by atoms with van der Waals surface area (Å²) in [7, 11) is 1.95. The van der Waals surface area contributed by atoms with E-state index in [1.807, 2.05) is 25.2 Å². The summed E-state index contributed by atoms with van der Waals surface area (Å²) in [4.78, 5) is 0. The lowest BCUT2D eigenvalue weighted by atomic mass is 10.1. The minimum atomic E-state index is 0.931. The van der Waals surface area contributed by atoms with Crippen LogP contribution in [0.5, 0.6) is 0 Å². The molecule has 0 fully saturated rings. The summed E-state index contributed by atoms with van der Waals surface area (Å²) in [6.07, 6.45) is 10.6. The second kappa shape index (κ2) is 6.01. The fourth-order valence-corrected chi connectivity index (χ4v) is 1.18. The summed E-state index contributed by atoms with van der Waals surface area (Å²) in [5, 5.41) is 3.09. The third-order valence-corrected chi connectivity index (χ3v) is 1.92. The van der Waals surface area contributed by atoms with E-state index >= 15 is 0 Å². The lowest BCUT2D eigenvalue weighted by molar-refractivity contribution is 0.809. The molecule has 0 aromatic heterocycles. The van der Waals surface area contributed by atoms with Gasteiger partial charge in [-0.15, -0.1) is 6.42 Å². The first-order chi connectivity index (χ1) is 6.86. The van der Waals surface area contributed by atoms with Crippen molar-refractivity contribution in [1.82, 2.24) is 5.32 Å². The molecule has 1 aromatic carbocycles. The Balaban J connectivity index is 2.59. The predicted octanol–water partition coefficient (Wildman–Crippen LogP) is 2.29. The van der Waals surface area contributed by atoms with Crippen molar-refractivity contribution in [3.63, 3.8) is 0 Å². The first-order valence-corrected chi connectivity index (χ1v) is 4.74. The molecule has 1 aromatic rings. The average molecular weight is 185 g/mol. The van der Waals surface area contributed by atoms with Crippen LogP contribution in [0.2, 0.25) is 0 Å². The summed E-state index contributed by atoms with van der Waals surface area (Å²) < 4.78 is 0. The molecule has 0 saturated carbocycles. The molecule has 14 heavy (non-hydrogen) atoms. The van der Waals surface area contributed by atoms with Crippen LogP contribution in [-0.4, -0.2) is 13.6 Å². The predicted molar refractivity (Wildman–Crippen MR) is 62.0 cm³/mol. The number of terminal acetylenes is 1. The Morgan fingerprint density at radius 2 is 2.36 bits per heavy atom. The normalized spacial score (nSPS) is 10.3. The lowest BCUT2D eigenvalue weighted by Crippen LogP contribution is -2.05. The van der Waals surface area contributed by atoms with Crippen molar-refractivity contribution in [2.45, 2.75) is 6.42 Å². The molecule has 0 bridgehead atoms. The molecular weight excluding hydrogens is 170 g/mol. The quantitative estimate of drug-likeness (QED) is 0.560. The Labute approximate surface area is 85.8 Å². The fraction of sp³-hybridized carbons (Fsp3) is 0.231. The topological polar surface area (TPSA) is 12.0 Å². The molecule has 72 valence electrons. The van der Waals surface area contributed by atoms with Gasteiger partial charge in [-0.2, -0.15) is 0 Å². The van der Waals surface area contributed by atoms with Gasteiger partial charge in [0.25, 0.3) is 0 Å². The Morgan fingerprint density at radius 3 is 3.07 bits per heavy atom. The molecule has 0 spiro atoms. The molecule has 0 heterocycles. The lowest BCUT2D eigenvalue weighted by Gasteiger charge is -1.95. The highest BCUT2D eigenvalue weighted by Crippen LogP contribution is 2.06. The average Bonchev–Trinajstić information content (AvgIpc) is 2.25. The second-order valence-electron chi connectivity index (χ2n) is 3.06. The molecule has 0 radical (unpaired) electrons. The van der Waals surface area contributed by atoms with E-state index in [1.54, 1.807) is 0 Å². The maximum absolute atomic E-state index is 5.31. The maximum Gasteiger partial charge on any atom is 0.0248 e. The summed E-state index contributed by atoms with van der Waals surface area (Å²) in [6, 6.07) is 7.98. The minimum absolute atomic E-state index is 0.931. The van der Waals surface area contributed by atoms with Crippen LogP contribution in [-0.2, 0) is 0 Å².